The molecular weight excluding hydrogens is 396 g/mol. The van der Waals surface area contributed by atoms with Crippen molar-refractivity contribution in [1.82, 2.24) is 19.9 Å². The van der Waals surface area contributed by atoms with Gasteiger partial charge in [-0.3, -0.25) is 14.2 Å². The molecule has 2 aromatic heterocycles. The number of pyridine rings is 1. The lowest BCUT2D eigenvalue weighted by atomic mass is 10.1. The topological polar surface area (TPSA) is 76.9 Å². The number of halogens is 1. The zero-order valence-corrected chi connectivity index (χ0v) is 16.4. The van der Waals surface area contributed by atoms with Crippen LogP contribution in [0.25, 0.3) is 22.4 Å². The fraction of sp³-hybridized carbons (Fsp3) is 0.263. The average Bonchev–Trinajstić information content (AvgIpc) is 2.57. The summed E-state index contributed by atoms with van der Waals surface area (Å²) in [6, 6.07) is 9.33. The van der Waals surface area contributed by atoms with Crippen molar-refractivity contribution >= 4 is 32.9 Å². The summed E-state index contributed by atoms with van der Waals surface area (Å²) in [7, 11) is 0. The Morgan fingerprint density at radius 1 is 1.31 bits per heavy atom. The zero-order valence-electron chi connectivity index (χ0n) is 14.8. The number of benzene rings is 1. The Morgan fingerprint density at radius 3 is 2.77 bits per heavy atom. The zero-order chi connectivity index (χ0) is 18.8. The van der Waals surface area contributed by atoms with Gasteiger partial charge in [0, 0.05) is 22.3 Å². The Labute approximate surface area is 159 Å². The molecule has 1 N–H and O–H groups in total. The second kappa shape index (κ2) is 7.37. The lowest BCUT2D eigenvalue weighted by molar-refractivity contribution is -0.122. The van der Waals surface area contributed by atoms with Crippen molar-refractivity contribution < 1.29 is 4.79 Å². The molecule has 134 valence electrons. The van der Waals surface area contributed by atoms with Crippen LogP contribution in [0.3, 0.4) is 0 Å². The lowest BCUT2D eigenvalue weighted by Crippen LogP contribution is -2.37. The van der Waals surface area contributed by atoms with Gasteiger partial charge in [0.05, 0.1) is 5.39 Å². The van der Waals surface area contributed by atoms with Crippen molar-refractivity contribution in [3.8, 4) is 11.4 Å². The molecule has 0 aliphatic rings. The standard InChI is InChI=1S/C19H19BrN4O2/c1-11(2)22-16(25)10-24-18(13-6-4-5-12(3)7-13)23-17-15(19(24)26)8-14(20)9-21-17/h4-9,11H,10H2,1-3H3,(H,22,25). The van der Waals surface area contributed by atoms with Gasteiger partial charge in [-0.15, -0.1) is 0 Å². The maximum absolute atomic E-state index is 13.1. The second-order valence-corrected chi connectivity index (χ2v) is 7.36. The van der Waals surface area contributed by atoms with Gasteiger partial charge in [0.1, 0.15) is 12.4 Å². The van der Waals surface area contributed by atoms with E-state index in [1.807, 2.05) is 45.0 Å². The van der Waals surface area contributed by atoms with Crippen molar-refractivity contribution in [1.29, 1.82) is 0 Å². The molecule has 0 atom stereocenters. The number of nitrogens with zero attached hydrogens (tertiary/aromatic N) is 3. The molecule has 1 aromatic carbocycles. The highest BCUT2D eigenvalue weighted by Crippen LogP contribution is 2.20. The Hall–Kier alpha value is -2.54. The Balaban J connectivity index is 2.23. The summed E-state index contributed by atoms with van der Waals surface area (Å²) in [5.41, 5.74) is 1.87. The number of aromatic nitrogens is 3. The van der Waals surface area contributed by atoms with Crippen molar-refractivity contribution in [2.24, 2.45) is 0 Å². The summed E-state index contributed by atoms with van der Waals surface area (Å²) in [5, 5.41) is 3.19. The van der Waals surface area contributed by atoms with Gasteiger partial charge in [-0.2, -0.15) is 0 Å². The minimum atomic E-state index is -0.292. The van der Waals surface area contributed by atoms with Gasteiger partial charge in [0.2, 0.25) is 5.91 Å². The van der Waals surface area contributed by atoms with E-state index in [2.05, 4.69) is 31.2 Å². The minimum absolute atomic E-state index is 0.00940. The number of fused-ring (bicyclic) bond motifs is 1. The van der Waals surface area contributed by atoms with Crippen molar-refractivity contribution in [2.45, 2.75) is 33.4 Å². The van der Waals surface area contributed by atoms with Crippen LogP contribution in [0.1, 0.15) is 19.4 Å². The summed E-state index contributed by atoms with van der Waals surface area (Å²) in [6.45, 7) is 5.62. The number of amides is 1. The predicted octanol–water partition coefficient (Wildman–Crippen LogP) is 3.05. The van der Waals surface area contributed by atoms with E-state index in [4.69, 9.17) is 0 Å². The monoisotopic (exact) mass is 414 g/mol. The second-order valence-electron chi connectivity index (χ2n) is 6.44. The third-order valence-corrected chi connectivity index (χ3v) is 4.24. The van der Waals surface area contributed by atoms with Crippen LogP contribution in [-0.4, -0.2) is 26.5 Å². The van der Waals surface area contributed by atoms with E-state index < -0.39 is 0 Å². The number of carbonyl (C=O) groups is 1. The first-order chi connectivity index (χ1) is 12.3. The molecule has 0 saturated carbocycles. The summed E-state index contributed by atoms with van der Waals surface area (Å²) < 4.78 is 2.09. The minimum Gasteiger partial charge on any atom is -0.352 e. The van der Waals surface area contributed by atoms with Gasteiger partial charge >= 0.3 is 0 Å². The van der Waals surface area contributed by atoms with Crippen LogP contribution in [0.15, 0.2) is 45.8 Å². The summed E-state index contributed by atoms with van der Waals surface area (Å²) in [6.07, 6.45) is 1.60. The van der Waals surface area contributed by atoms with Crippen molar-refractivity contribution in [3.63, 3.8) is 0 Å². The van der Waals surface area contributed by atoms with E-state index in [0.29, 0.717) is 21.3 Å². The number of carbonyl (C=O) groups excluding carboxylic acids is 1. The van der Waals surface area contributed by atoms with Gasteiger partial charge in [-0.1, -0.05) is 23.8 Å². The van der Waals surface area contributed by atoms with Crippen LogP contribution < -0.4 is 10.9 Å². The molecule has 0 unspecified atom stereocenters. The van der Waals surface area contributed by atoms with Crippen molar-refractivity contribution in [3.05, 3.63) is 56.9 Å². The highest BCUT2D eigenvalue weighted by atomic mass is 79.9. The van der Waals surface area contributed by atoms with Crippen LogP contribution in [-0.2, 0) is 11.3 Å². The van der Waals surface area contributed by atoms with E-state index in [-0.39, 0.29) is 24.1 Å². The molecule has 3 rings (SSSR count). The molecule has 1 amide bonds. The first-order valence-corrected chi connectivity index (χ1v) is 9.07. The Bertz CT molecular complexity index is 1040. The number of aryl methyl sites for hydroxylation is 1. The van der Waals surface area contributed by atoms with E-state index in [9.17, 15) is 9.59 Å². The Kier molecular flexibility index (Phi) is 5.18. The van der Waals surface area contributed by atoms with Gasteiger partial charge in [-0.05, 0) is 48.8 Å². The molecule has 26 heavy (non-hydrogen) atoms. The molecule has 6 nitrogen and oxygen atoms in total. The van der Waals surface area contributed by atoms with E-state index in [1.165, 1.54) is 4.57 Å². The quantitative estimate of drug-likeness (QED) is 0.711. The summed E-state index contributed by atoms with van der Waals surface area (Å²) in [5.74, 6) is 0.194. The predicted molar refractivity (Wildman–Crippen MR) is 105 cm³/mol. The summed E-state index contributed by atoms with van der Waals surface area (Å²) >= 11 is 3.33. The molecule has 3 aromatic rings. The molecule has 0 radical (unpaired) electrons. The van der Waals surface area contributed by atoms with Crippen LogP contribution >= 0.6 is 15.9 Å². The Morgan fingerprint density at radius 2 is 2.08 bits per heavy atom. The highest BCUT2D eigenvalue weighted by molar-refractivity contribution is 9.10. The van der Waals surface area contributed by atoms with Crippen LogP contribution in [0.4, 0.5) is 0 Å². The molecule has 0 aliphatic heterocycles. The van der Waals surface area contributed by atoms with Gasteiger partial charge in [0.15, 0.2) is 5.65 Å². The third kappa shape index (κ3) is 3.83. The van der Waals surface area contributed by atoms with Gasteiger partial charge < -0.3 is 5.32 Å². The summed E-state index contributed by atoms with van der Waals surface area (Å²) in [4.78, 5) is 34.2. The largest absolute Gasteiger partial charge is 0.352 e. The molecule has 0 bridgehead atoms. The molecule has 0 saturated heterocycles. The van der Waals surface area contributed by atoms with Crippen LogP contribution in [0, 0.1) is 6.92 Å². The van der Waals surface area contributed by atoms with Gasteiger partial charge in [-0.25, -0.2) is 9.97 Å². The number of rotatable bonds is 4. The maximum atomic E-state index is 13.1. The van der Waals surface area contributed by atoms with E-state index >= 15 is 0 Å². The van der Waals surface area contributed by atoms with E-state index in [0.717, 1.165) is 11.1 Å². The number of nitrogens with one attached hydrogen (secondary N) is 1. The normalized spacial score (nSPS) is 11.1. The molecule has 0 fully saturated rings. The molecular formula is C19H19BrN4O2. The first kappa shape index (κ1) is 18.3. The fourth-order valence-corrected chi connectivity index (χ4v) is 3.07. The molecule has 7 heteroatoms. The van der Waals surface area contributed by atoms with E-state index in [1.54, 1.807) is 12.3 Å². The fourth-order valence-electron chi connectivity index (χ4n) is 2.74. The van der Waals surface area contributed by atoms with Crippen molar-refractivity contribution in [2.75, 3.05) is 0 Å². The van der Waals surface area contributed by atoms with Crippen LogP contribution in [0.5, 0.6) is 0 Å². The highest BCUT2D eigenvalue weighted by Gasteiger charge is 2.17. The number of hydrogen-bond donors (Lipinski definition) is 1. The lowest BCUT2D eigenvalue weighted by Gasteiger charge is -2.15. The smallest absolute Gasteiger partial charge is 0.263 e. The average molecular weight is 415 g/mol. The molecule has 2 heterocycles. The SMILES string of the molecule is Cc1cccc(-c2nc3ncc(Br)cc3c(=O)n2CC(=O)NC(C)C)c1. The van der Waals surface area contributed by atoms with Crippen LogP contribution in [0.2, 0.25) is 0 Å². The first-order valence-electron chi connectivity index (χ1n) is 8.27. The maximum Gasteiger partial charge on any atom is 0.263 e. The molecule has 0 aliphatic carbocycles. The van der Waals surface area contributed by atoms with Gasteiger partial charge in [0.25, 0.3) is 5.56 Å². The number of hydrogen-bond acceptors (Lipinski definition) is 4. The molecule has 0 spiro atoms. The third-order valence-electron chi connectivity index (χ3n) is 3.80.